The molecule has 1 aromatic rings. The normalized spacial score (nSPS) is 36.1. The topological polar surface area (TPSA) is 66.5 Å². The molecule has 4 aliphatic rings. The number of halogens is 1. The van der Waals surface area contributed by atoms with Gasteiger partial charge in [0.15, 0.2) is 0 Å². The van der Waals surface area contributed by atoms with Crippen LogP contribution in [-0.4, -0.2) is 28.7 Å². The maximum atomic E-state index is 13.0. The number of allylic oxidation sites excluding steroid dienone is 2. The molecular weight excluding hydrogens is 359 g/mol. The standard InChI is InChI=1S/C22H23FN2O3/c23-15-5-7-16(8-6-15)24-20(26)12-3-9-17(10-4-12)25-21(27)18-13-1-2-14(11-13)19(18)22(25)28/h1-2,5-8,12-14,17-19H,3-4,9-11H2,(H,24,26)/t12?,13-,14+,17?,18+,19-. The Kier molecular flexibility index (Phi) is 4.11. The van der Waals surface area contributed by atoms with Gasteiger partial charge in [0.2, 0.25) is 17.7 Å². The van der Waals surface area contributed by atoms with Gasteiger partial charge in [0, 0.05) is 17.6 Å². The van der Waals surface area contributed by atoms with Crippen LogP contribution in [0.25, 0.3) is 0 Å². The maximum absolute atomic E-state index is 13.0. The molecule has 5 nitrogen and oxygen atoms in total. The van der Waals surface area contributed by atoms with Gasteiger partial charge in [-0.05, 0) is 68.2 Å². The highest BCUT2D eigenvalue weighted by molar-refractivity contribution is 6.06. The van der Waals surface area contributed by atoms with Crippen molar-refractivity contribution < 1.29 is 18.8 Å². The number of rotatable bonds is 3. The number of benzene rings is 1. The van der Waals surface area contributed by atoms with Crippen molar-refractivity contribution in [1.29, 1.82) is 0 Å². The summed E-state index contributed by atoms with van der Waals surface area (Å²) < 4.78 is 13.0. The second kappa shape index (κ2) is 6.54. The highest BCUT2D eigenvalue weighted by Gasteiger charge is 2.60. The molecular formula is C22H23FN2O3. The lowest BCUT2D eigenvalue weighted by Gasteiger charge is -2.33. The molecule has 1 aliphatic heterocycles. The van der Waals surface area contributed by atoms with Crippen molar-refractivity contribution in [2.24, 2.45) is 29.6 Å². The Labute approximate surface area is 163 Å². The van der Waals surface area contributed by atoms with E-state index >= 15 is 0 Å². The van der Waals surface area contributed by atoms with Crippen LogP contribution in [0.5, 0.6) is 0 Å². The molecule has 3 fully saturated rings. The van der Waals surface area contributed by atoms with Crippen LogP contribution < -0.4 is 5.32 Å². The third-order valence-corrected chi connectivity index (χ3v) is 7.05. The van der Waals surface area contributed by atoms with E-state index < -0.39 is 0 Å². The van der Waals surface area contributed by atoms with Crippen LogP contribution >= 0.6 is 0 Å². The van der Waals surface area contributed by atoms with Crippen molar-refractivity contribution in [3.05, 3.63) is 42.2 Å². The van der Waals surface area contributed by atoms with Crippen LogP contribution in [0.15, 0.2) is 36.4 Å². The van der Waals surface area contributed by atoms with Gasteiger partial charge in [0.05, 0.1) is 11.8 Å². The summed E-state index contributed by atoms with van der Waals surface area (Å²) >= 11 is 0. The molecule has 1 saturated heterocycles. The Bertz CT molecular complexity index is 827. The minimum absolute atomic E-state index is 0.00561. The van der Waals surface area contributed by atoms with Gasteiger partial charge in [-0.2, -0.15) is 0 Å². The van der Waals surface area contributed by atoms with Gasteiger partial charge in [-0.1, -0.05) is 12.2 Å². The highest BCUT2D eigenvalue weighted by atomic mass is 19.1. The third kappa shape index (κ3) is 2.69. The van der Waals surface area contributed by atoms with Crippen molar-refractivity contribution in [2.75, 3.05) is 5.32 Å². The first-order chi connectivity index (χ1) is 13.5. The van der Waals surface area contributed by atoms with Gasteiger partial charge in [0.25, 0.3) is 0 Å². The molecule has 3 aliphatic carbocycles. The lowest BCUT2D eigenvalue weighted by molar-refractivity contribution is -0.144. The fourth-order valence-electron chi connectivity index (χ4n) is 5.66. The Balaban J connectivity index is 1.21. The van der Waals surface area contributed by atoms with E-state index in [4.69, 9.17) is 0 Å². The molecule has 6 heteroatoms. The number of carbonyl (C=O) groups excluding carboxylic acids is 3. The van der Waals surface area contributed by atoms with E-state index in [1.807, 2.05) is 0 Å². The number of amides is 3. The second-order valence-electron chi connectivity index (χ2n) is 8.55. The molecule has 146 valence electrons. The first-order valence-corrected chi connectivity index (χ1v) is 10.1. The van der Waals surface area contributed by atoms with E-state index in [1.165, 1.54) is 17.0 Å². The molecule has 5 rings (SSSR count). The first-order valence-electron chi connectivity index (χ1n) is 10.1. The molecule has 0 unspecified atom stereocenters. The van der Waals surface area contributed by atoms with Gasteiger partial charge in [-0.3, -0.25) is 19.3 Å². The van der Waals surface area contributed by atoms with E-state index in [2.05, 4.69) is 17.5 Å². The van der Waals surface area contributed by atoms with E-state index in [0.29, 0.717) is 31.4 Å². The average Bonchev–Trinajstić information content (AvgIpc) is 3.38. The predicted octanol–water partition coefficient (Wildman–Crippen LogP) is 3.13. The fourth-order valence-corrected chi connectivity index (χ4v) is 5.66. The predicted molar refractivity (Wildman–Crippen MR) is 100 cm³/mol. The van der Waals surface area contributed by atoms with Crippen LogP contribution in [0, 0.1) is 35.4 Å². The zero-order valence-electron chi connectivity index (χ0n) is 15.5. The van der Waals surface area contributed by atoms with Crippen LogP contribution in [-0.2, 0) is 14.4 Å². The molecule has 3 amide bonds. The Morgan fingerprint density at radius 3 is 2.07 bits per heavy atom. The van der Waals surface area contributed by atoms with E-state index in [-0.39, 0.29) is 59.2 Å². The van der Waals surface area contributed by atoms with Gasteiger partial charge in [-0.15, -0.1) is 0 Å². The smallest absolute Gasteiger partial charge is 0.233 e. The van der Waals surface area contributed by atoms with Crippen molar-refractivity contribution in [3.8, 4) is 0 Å². The summed E-state index contributed by atoms with van der Waals surface area (Å²) in [6.07, 6.45) is 7.79. The molecule has 1 aromatic carbocycles. The number of imide groups is 1. The second-order valence-corrected chi connectivity index (χ2v) is 8.55. The number of nitrogens with zero attached hydrogens (tertiary/aromatic N) is 1. The van der Waals surface area contributed by atoms with Crippen LogP contribution in [0.1, 0.15) is 32.1 Å². The summed E-state index contributed by atoms with van der Waals surface area (Å²) in [5.41, 5.74) is 0.578. The quantitative estimate of drug-likeness (QED) is 0.645. The van der Waals surface area contributed by atoms with E-state index in [0.717, 1.165) is 6.42 Å². The largest absolute Gasteiger partial charge is 0.326 e. The molecule has 1 heterocycles. The number of hydrogen-bond acceptors (Lipinski definition) is 3. The summed E-state index contributed by atoms with van der Waals surface area (Å²) in [7, 11) is 0. The molecule has 4 atom stereocenters. The van der Waals surface area contributed by atoms with Gasteiger partial charge >= 0.3 is 0 Å². The lowest BCUT2D eigenvalue weighted by atomic mass is 9.84. The van der Waals surface area contributed by atoms with Gasteiger partial charge < -0.3 is 5.32 Å². The number of carbonyl (C=O) groups is 3. The minimum Gasteiger partial charge on any atom is -0.326 e. The van der Waals surface area contributed by atoms with Crippen molar-refractivity contribution in [3.63, 3.8) is 0 Å². The molecule has 2 saturated carbocycles. The third-order valence-electron chi connectivity index (χ3n) is 7.05. The lowest BCUT2D eigenvalue weighted by Crippen LogP contribution is -2.44. The van der Waals surface area contributed by atoms with Crippen molar-refractivity contribution in [1.82, 2.24) is 4.90 Å². The Morgan fingerprint density at radius 1 is 0.929 bits per heavy atom. The number of fused-ring (bicyclic) bond motifs is 5. The summed E-state index contributed by atoms with van der Waals surface area (Å²) in [6, 6.07) is 5.63. The summed E-state index contributed by atoms with van der Waals surface area (Å²) in [4.78, 5) is 39.9. The van der Waals surface area contributed by atoms with Crippen molar-refractivity contribution >= 4 is 23.4 Å². The summed E-state index contributed by atoms with van der Waals surface area (Å²) in [6.45, 7) is 0. The summed E-state index contributed by atoms with van der Waals surface area (Å²) in [5, 5.41) is 2.83. The SMILES string of the molecule is O=C(Nc1ccc(F)cc1)C1CCC(N2C(=O)[C@@H]3[C@H](C2=O)[C@H]2C=C[C@@H]3C2)CC1. The zero-order valence-corrected chi connectivity index (χ0v) is 15.5. The van der Waals surface area contributed by atoms with E-state index in [1.54, 1.807) is 12.1 Å². The van der Waals surface area contributed by atoms with E-state index in [9.17, 15) is 18.8 Å². The number of likely N-dealkylation sites (tertiary alicyclic amines) is 1. The molecule has 28 heavy (non-hydrogen) atoms. The van der Waals surface area contributed by atoms with Gasteiger partial charge in [0.1, 0.15) is 5.82 Å². The first kappa shape index (κ1) is 17.6. The Hall–Kier alpha value is -2.50. The number of hydrogen-bond donors (Lipinski definition) is 1. The zero-order chi connectivity index (χ0) is 19.4. The van der Waals surface area contributed by atoms with Crippen molar-refractivity contribution in [2.45, 2.75) is 38.1 Å². The van der Waals surface area contributed by atoms with Crippen LogP contribution in [0.3, 0.4) is 0 Å². The molecule has 1 N–H and O–H groups in total. The molecule has 0 radical (unpaired) electrons. The molecule has 0 aromatic heterocycles. The molecule has 0 spiro atoms. The van der Waals surface area contributed by atoms with Gasteiger partial charge in [-0.25, -0.2) is 4.39 Å². The maximum Gasteiger partial charge on any atom is 0.233 e. The highest BCUT2D eigenvalue weighted by Crippen LogP contribution is 2.53. The number of anilines is 1. The fraction of sp³-hybridized carbons (Fsp3) is 0.500. The van der Waals surface area contributed by atoms with Crippen LogP contribution in [0.2, 0.25) is 0 Å². The average molecular weight is 382 g/mol. The Morgan fingerprint density at radius 2 is 1.50 bits per heavy atom. The molecule has 2 bridgehead atoms. The number of nitrogens with one attached hydrogen (secondary N) is 1. The monoisotopic (exact) mass is 382 g/mol. The minimum atomic E-state index is -0.341. The van der Waals surface area contributed by atoms with Crippen LogP contribution in [0.4, 0.5) is 10.1 Å². The summed E-state index contributed by atoms with van der Waals surface area (Å²) in [5.74, 6) is -0.397.